The largest absolute Gasteiger partial charge is 0.394 e. The van der Waals surface area contributed by atoms with E-state index < -0.39 is 0 Å². The summed E-state index contributed by atoms with van der Waals surface area (Å²) in [6.45, 7) is 2.43. The highest BCUT2D eigenvalue weighted by molar-refractivity contribution is 5.02. The molecule has 0 aromatic rings. The Bertz CT molecular complexity index is 225. The van der Waals surface area contributed by atoms with Crippen molar-refractivity contribution in [1.29, 1.82) is 0 Å². The number of aliphatic hydroxyl groups is 1. The minimum absolute atomic E-state index is 0.0870. The van der Waals surface area contributed by atoms with E-state index in [1.807, 2.05) is 0 Å². The lowest BCUT2D eigenvalue weighted by Crippen LogP contribution is -1.95. The van der Waals surface area contributed by atoms with Gasteiger partial charge in [-0.15, -0.1) is 0 Å². The zero-order valence-electron chi connectivity index (χ0n) is 12.7. The Morgan fingerprint density at radius 3 is 2.00 bits per heavy atom. The van der Waals surface area contributed by atoms with Gasteiger partial charge in [-0.1, -0.05) is 76.9 Å². The van der Waals surface area contributed by atoms with E-state index in [0.29, 0.717) is 0 Å². The van der Waals surface area contributed by atoms with Crippen LogP contribution in [0.15, 0.2) is 12.2 Å². The number of ether oxygens (including phenoxy) is 1. The minimum Gasteiger partial charge on any atom is -0.394 e. The molecule has 0 aromatic heterocycles. The van der Waals surface area contributed by atoms with Crippen molar-refractivity contribution in [2.45, 2.75) is 89.8 Å². The molecule has 1 saturated heterocycles. The van der Waals surface area contributed by atoms with Crippen LogP contribution >= 0.6 is 0 Å². The van der Waals surface area contributed by atoms with Crippen LogP contribution in [0.1, 0.15) is 77.6 Å². The van der Waals surface area contributed by atoms with Crippen LogP contribution in [-0.4, -0.2) is 23.9 Å². The zero-order valence-corrected chi connectivity index (χ0v) is 12.7. The van der Waals surface area contributed by atoms with Gasteiger partial charge in [0, 0.05) is 0 Å². The number of unbranched alkanes of at least 4 members (excludes halogenated alkanes) is 10. The average molecular weight is 268 g/mol. The molecule has 2 nitrogen and oxygen atoms in total. The van der Waals surface area contributed by atoms with Crippen molar-refractivity contribution in [2.75, 3.05) is 6.61 Å². The molecule has 2 atom stereocenters. The lowest BCUT2D eigenvalue weighted by Gasteiger charge is -2.01. The third kappa shape index (κ3) is 9.23. The van der Waals surface area contributed by atoms with Gasteiger partial charge in [0.2, 0.25) is 0 Å². The van der Waals surface area contributed by atoms with Gasteiger partial charge in [0.05, 0.1) is 6.61 Å². The summed E-state index contributed by atoms with van der Waals surface area (Å²) in [6.07, 6.45) is 19.7. The molecule has 112 valence electrons. The molecule has 0 bridgehead atoms. The summed E-state index contributed by atoms with van der Waals surface area (Å²) in [5, 5.41) is 8.81. The number of allylic oxidation sites excluding steroid dienone is 1. The Morgan fingerprint density at radius 2 is 1.47 bits per heavy atom. The maximum atomic E-state index is 8.81. The summed E-state index contributed by atoms with van der Waals surface area (Å²) in [4.78, 5) is 0. The minimum atomic E-state index is 0.0870. The van der Waals surface area contributed by atoms with Gasteiger partial charge in [-0.2, -0.15) is 0 Å². The number of hydrogen-bond acceptors (Lipinski definition) is 2. The van der Waals surface area contributed by atoms with Crippen molar-refractivity contribution in [3.8, 4) is 0 Å². The standard InChI is InChI=1S/C17H32O2/c1-2-3-4-5-6-7-8-9-10-11-12-13-14-16-17(15-18)19-16/h13-14,16-18H,2-12,15H2,1H3/t16-,17-/m0/s1. The molecule has 1 aliphatic heterocycles. The van der Waals surface area contributed by atoms with Gasteiger partial charge in [0.1, 0.15) is 12.2 Å². The van der Waals surface area contributed by atoms with Gasteiger partial charge < -0.3 is 9.84 Å². The molecule has 2 heteroatoms. The molecule has 0 aromatic carbocycles. The Labute approximate surface area is 119 Å². The molecule has 1 fully saturated rings. The highest BCUT2D eigenvalue weighted by Gasteiger charge is 2.35. The van der Waals surface area contributed by atoms with Gasteiger partial charge in [-0.3, -0.25) is 0 Å². The third-order valence-electron chi connectivity index (χ3n) is 3.85. The highest BCUT2D eigenvalue weighted by Crippen LogP contribution is 2.22. The zero-order chi connectivity index (χ0) is 13.8. The smallest absolute Gasteiger partial charge is 0.111 e. The average Bonchev–Trinajstić information content (AvgIpc) is 3.19. The summed E-state index contributed by atoms with van der Waals surface area (Å²) in [6, 6.07) is 0. The third-order valence-corrected chi connectivity index (χ3v) is 3.85. The molecule has 19 heavy (non-hydrogen) atoms. The van der Waals surface area contributed by atoms with E-state index in [0.717, 1.165) is 6.42 Å². The lowest BCUT2D eigenvalue weighted by atomic mass is 10.1. The summed E-state index contributed by atoms with van der Waals surface area (Å²) >= 11 is 0. The monoisotopic (exact) mass is 268 g/mol. The van der Waals surface area contributed by atoms with Crippen molar-refractivity contribution < 1.29 is 9.84 Å². The van der Waals surface area contributed by atoms with Gasteiger partial charge >= 0.3 is 0 Å². The van der Waals surface area contributed by atoms with Crippen LogP contribution < -0.4 is 0 Å². The number of epoxide rings is 1. The highest BCUT2D eigenvalue weighted by atomic mass is 16.6. The van der Waals surface area contributed by atoms with Crippen LogP contribution in [0.3, 0.4) is 0 Å². The molecule has 1 N–H and O–H groups in total. The first-order chi connectivity index (χ1) is 9.38. The predicted molar refractivity (Wildman–Crippen MR) is 81.3 cm³/mol. The molecular weight excluding hydrogens is 236 g/mol. The van der Waals surface area contributed by atoms with E-state index in [2.05, 4.69) is 19.1 Å². The van der Waals surface area contributed by atoms with Crippen molar-refractivity contribution in [2.24, 2.45) is 0 Å². The summed E-state index contributed by atoms with van der Waals surface area (Å²) in [7, 11) is 0. The molecule has 0 spiro atoms. The summed E-state index contributed by atoms with van der Waals surface area (Å²) < 4.78 is 5.23. The summed E-state index contributed by atoms with van der Waals surface area (Å²) in [5.74, 6) is 0. The van der Waals surface area contributed by atoms with Gasteiger partial charge in [0.15, 0.2) is 0 Å². The van der Waals surface area contributed by atoms with Crippen LogP contribution in [0, 0.1) is 0 Å². The number of rotatable bonds is 13. The Balaban J connectivity index is 1.72. The van der Waals surface area contributed by atoms with Gasteiger partial charge in [-0.25, -0.2) is 0 Å². The van der Waals surface area contributed by atoms with E-state index in [4.69, 9.17) is 9.84 Å². The molecule has 0 saturated carbocycles. The van der Waals surface area contributed by atoms with E-state index in [1.165, 1.54) is 64.2 Å². The predicted octanol–water partition coefficient (Wildman–Crippen LogP) is 4.61. The number of hydrogen-bond donors (Lipinski definition) is 1. The van der Waals surface area contributed by atoms with E-state index in [-0.39, 0.29) is 18.8 Å². The van der Waals surface area contributed by atoms with Crippen LogP contribution in [0.2, 0.25) is 0 Å². The second kappa shape index (κ2) is 11.5. The molecule has 0 radical (unpaired) electrons. The molecule has 1 aliphatic rings. The Kier molecular flexibility index (Phi) is 10.1. The van der Waals surface area contributed by atoms with Gasteiger partial charge in [-0.05, 0) is 12.8 Å². The fourth-order valence-corrected chi connectivity index (χ4v) is 2.45. The van der Waals surface area contributed by atoms with Crippen LogP contribution in [0.5, 0.6) is 0 Å². The molecule has 1 rings (SSSR count). The van der Waals surface area contributed by atoms with Gasteiger partial charge in [0.25, 0.3) is 0 Å². The quantitative estimate of drug-likeness (QED) is 0.300. The van der Waals surface area contributed by atoms with Crippen LogP contribution in [0.25, 0.3) is 0 Å². The van der Waals surface area contributed by atoms with Crippen molar-refractivity contribution >= 4 is 0 Å². The molecule has 0 aliphatic carbocycles. The van der Waals surface area contributed by atoms with E-state index in [1.54, 1.807) is 0 Å². The van der Waals surface area contributed by atoms with Crippen LogP contribution in [-0.2, 0) is 4.74 Å². The fourth-order valence-electron chi connectivity index (χ4n) is 2.45. The number of aliphatic hydroxyl groups excluding tert-OH is 1. The van der Waals surface area contributed by atoms with Crippen molar-refractivity contribution in [3.63, 3.8) is 0 Å². The summed E-state index contributed by atoms with van der Waals surface area (Å²) in [5.41, 5.74) is 0. The molecule has 0 amide bonds. The van der Waals surface area contributed by atoms with Crippen molar-refractivity contribution in [3.05, 3.63) is 12.2 Å². The first kappa shape index (κ1) is 16.7. The first-order valence-electron chi connectivity index (χ1n) is 8.31. The Morgan fingerprint density at radius 1 is 0.895 bits per heavy atom. The maximum Gasteiger partial charge on any atom is 0.111 e. The molecular formula is C17H32O2. The molecule has 0 unspecified atom stereocenters. The lowest BCUT2D eigenvalue weighted by molar-refractivity contribution is 0.243. The second-order valence-corrected chi connectivity index (χ2v) is 5.72. The van der Waals surface area contributed by atoms with Crippen molar-refractivity contribution in [1.82, 2.24) is 0 Å². The van der Waals surface area contributed by atoms with Crippen LogP contribution in [0.4, 0.5) is 0 Å². The maximum absolute atomic E-state index is 8.81. The van der Waals surface area contributed by atoms with E-state index in [9.17, 15) is 0 Å². The molecule has 1 heterocycles. The topological polar surface area (TPSA) is 32.8 Å². The Hall–Kier alpha value is -0.340. The SMILES string of the molecule is CCCCCCCCCCCCC=C[C@@H]1O[C@H]1CO. The second-order valence-electron chi connectivity index (χ2n) is 5.72. The van der Waals surface area contributed by atoms with E-state index >= 15 is 0 Å². The normalized spacial score (nSPS) is 22.2. The fraction of sp³-hybridized carbons (Fsp3) is 0.882. The first-order valence-corrected chi connectivity index (χ1v) is 8.31.